The second kappa shape index (κ2) is 4.20. The van der Waals surface area contributed by atoms with Crippen LogP contribution < -0.4 is 0 Å². The van der Waals surface area contributed by atoms with Gasteiger partial charge in [0.2, 0.25) is 0 Å². The van der Waals surface area contributed by atoms with Crippen molar-refractivity contribution in [2.24, 2.45) is 0 Å². The van der Waals surface area contributed by atoms with Crippen molar-refractivity contribution >= 4 is 29.6 Å². The van der Waals surface area contributed by atoms with Gasteiger partial charge in [-0.15, -0.1) is 10.1 Å². The summed E-state index contributed by atoms with van der Waals surface area (Å²) in [5.74, 6) is 0. The van der Waals surface area contributed by atoms with Crippen LogP contribution in [-0.4, -0.2) is 39.9 Å². The predicted molar refractivity (Wildman–Crippen MR) is 14.5 cm³/mol. The maximum Gasteiger partial charge on any atom is 0.291 e. The second-order valence-electron chi connectivity index (χ2n) is 0.238. The molecule has 0 unspecified atom stereocenters. The molecule has 0 spiro atoms. The normalized spacial score (nSPS) is 4.80. The first-order valence-corrected chi connectivity index (χ1v) is 0.565. The number of nitrogens with zero attached hydrogens (tertiary/aromatic N) is 1. The summed E-state index contributed by atoms with van der Waals surface area (Å²) in [6.07, 6.45) is 0. The third-order valence-electron chi connectivity index (χ3n) is 0. The Bertz CT molecular complexity index is 29.9. The Morgan fingerprint density at radius 3 is 1.80 bits per heavy atom. The average molecular weight is 86.0 g/mol. The van der Waals surface area contributed by atoms with Gasteiger partial charge in [-0.3, -0.25) is 0 Å². The van der Waals surface area contributed by atoms with Crippen LogP contribution in [0.1, 0.15) is 0 Å². The van der Waals surface area contributed by atoms with Crippen molar-refractivity contribution < 1.29 is 10.3 Å². The molecule has 25 valence electrons. The Labute approximate surface area is 50.2 Å². The van der Waals surface area contributed by atoms with E-state index >= 15 is 0 Å². The molecule has 5 heavy (non-hydrogen) atoms. The first-order valence-electron chi connectivity index (χ1n) is 0.565. The third-order valence-corrected chi connectivity index (χ3v) is 0. The molecule has 0 fully saturated rings. The van der Waals surface area contributed by atoms with Gasteiger partial charge in [-0.1, -0.05) is 0 Å². The quantitative estimate of drug-likeness (QED) is 0.240. The van der Waals surface area contributed by atoms with E-state index in [0.29, 0.717) is 0 Å². The van der Waals surface area contributed by atoms with E-state index in [0.717, 1.165) is 0 Å². The molecule has 1 radical (unpaired) electrons. The molecule has 0 rings (SSSR count). The molecule has 0 heterocycles. The number of hydrogen-bond acceptors (Lipinski definition) is 2. The van der Waals surface area contributed by atoms with Crippen molar-refractivity contribution in [3.8, 4) is 0 Å². The molecule has 0 saturated heterocycles. The van der Waals surface area contributed by atoms with Gasteiger partial charge < -0.3 is 5.21 Å². The van der Waals surface area contributed by atoms with Crippen molar-refractivity contribution in [2.75, 3.05) is 0 Å². The largest absolute Gasteiger partial charge is 0.328 e. The van der Waals surface area contributed by atoms with Crippen molar-refractivity contribution in [1.82, 2.24) is 0 Å². The van der Waals surface area contributed by atoms with Crippen molar-refractivity contribution in [3.05, 3.63) is 10.1 Å². The minimum absolute atomic E-state index is 0. The van der Waals surface area contributed by atoms with Gasteiger partial charge in [0.1, 0.15) is 0 Å². The minimum Gasteiger partial charge on any atom is -0.328 e. The molecular formula is HNNaO3. The van der Waals surface area contributed by atoms with Crippen LogP contribution in [-0.2, 0) is 0 Å². The Morgan fingerprint density at radius 2 is 1.80 bits per heavy atom. The zero-order chi connectivity index (χ0) is 3.58. The van der Waals surface area contributed by atoms with Crippen molar-refractivity contribution in [3.63, 3.8) is 0 Å². The molecule has 5 heteroatoms. The molecule has 0 aromatic heterocycles. The molecule has 0 aromatic rings. The fraction of sp³-hybridized carbons (Fsp3) is 0. The molecule has 0 bridgehead atoms. The van der Waals surface area contributed by atoms with Crippen LogP contribution in [0.25, 0.3) is 0 Å². The van der Waals surface area contributed by atoms with Gasteiger partial charge >= 0.3 is 0 Å². The molecule has 0 aliphatic heterocycles. The third kappa shape index (κ3) is 508. The van der Waals surface area contributed by atoms with Gasteiger partial charge in [0.15, 0.2) is 0 Å². The van der Waals surface area contributed by atoms with Crippen LogP contribution in [0.15, 0.2) is 0 Å². The Balaban J connectivity index is 0. The Morgan fingerprint density at radius 1 is 1.80 bits per heavy atom. The first-order chi connectivity index (χ1) is 1.73. The van der Waals surface area contributed by atoms with Gasteiger partial charge in [-0.2, -0.15) is 0 Å². The summed E-state index contributed by atoms with van der Waals surface area (Å²) in [5, 5.41) is 13.6. The van der Waals surface area contributed by atoms with Crippen LogP contribution in [0.4, 0.5) is 0 Å². The SMILES string of the molecule is O=[N+]([O-])O.[Na]. The van der Waals surface area contributed by atoms with E-state index in [2.05, 4.69) is 0 Å². The minimum atomic E-state index is -1.50. The monoisotopic (exact) mass is 86.0 g/mol. The van der Waals surface area contributed by atoms with Gasteiger partial charge in [-0.05, 0) is 0 Å². The van der Waals surface area contributed by atoms with Crippen LogP contribution in [0, 0.1) is 10.1 Å². The molecule has 0 aromatic carbocycles. The molecule has 0 atom stereocenters. The standard InChI is InChI=1S/HNO3.Na/c2-1(3)4;/h(H,2,3,4);. The zero-order valence-electron chi connectivity index (χ0n) is 2.71. The molecule has 1 N–H and O–H groups in total. The van der Waals surface area contributed by atoms with Crippen LogP contribution in [0.5, 0.6) is 0 Å². The van der Waals surface area contributed by atoms with Gasteiger partial charge in [0.25, 0.3) is 5.09 Å². The summed E-state index contributed by atoms with van der Waals surface area (Å²) in [4.78, 5) is 8.36. The van der Waals surface area contributed by atoms with E-state index in [4.69, 9.17) is 15.3 Å². The molecule has 0 aliphatic carbocycles. The Hall–Kier alpha value is 0.200. The van der Waals surface area contributed by atoms with Crippen molar-refractivity contribution in [1.29, 1.82) is 0 Å². The van der Waals surface area contributed by atoms with E-state index in [1.807, 2.05) is 0 Å². The number of rotatable bonds is 0. The summed E-state index contributed by atoms with van der Waals surface area (Å²) < 4.78 is 0. The van der Waals surface area contributed by atoms with E-state index in [1.165, 1.54) is 0 Å². The molecule has 0 amide bonds. The fourth-order valence-electron chi connectivity index (χ4n) is 0. The summed E-state index contributed by atoms with van der Waals surface area (Å²) in [5.41, 5.74) is 0. The van der Waals surface area contributed by atoms with Crippen LogP contribution >= 0.6 is 0 Å². The van der Waals surface area contributed by atoms with Crippen molar-refractivity contribution in [2.45, 2.75) is 0 Å². The van der Waals surface area contributed by atoms with Gasteiger partial charge in [0, 0.05) is 29.6 Å². The smallest absolute Gasteiger partial charge is 0.291 e. The maximum absolute atomic E-state index is 8.36. The van der Waals surface area contributed by atoms with E-state index in [9.17, 15) is 0 Å². The van der Waals surface area contributed by atoms with Gasteiger partial charge in [-0.25, -0.2) is 0 Å². The van der Waals surface area contributed by atoms with Crippen LogP contribution in [0.2, 0.25) is 0 Å². The molecule has 0 aliphatic rings. The van der Waals surface area contributed by atoms with E-state index in [1.54, 1.807) is 0 Å². The first kappa shape index (κ1) is 8.96. The fourth-order valence-corrected chi connectivity index (χ4v) is 0. The average Bonchev–Trinajstić information content (AvgIpc) is 0.811. The topological polar surface area (TPSA) is 63.4 Å². The summed E-state index contributed by atoms with van der Waals surface area (Å²) in [6.45, 7) is 0. The zero-order valence-corrected chi connectivity index (χ0v) is 4.71. The molecule has 0 saturated carbocycles. The number of hydrogen-bond donors (Lipinski definition) is 1. The predicted octanol–water partition coefficient (Wildman–Crippen LogP) is -0.729. The van der Waals surface area contributed by atoms with E-state index < -0.39 is 5.09 Å². The van der Waals surface area contributed by atoms with Gasteiger partial charge in [0.05, 0.1) is 0 Å². The maximum atomic E-state index is 8.36. The Kier molecular flexibility index (Phi) is 7.52. The van der Waals surface area contributed by atoms with Crippen LogP contribution in [0.3, 0.4) is 0 Å². The summed E-state index contributed by atoms with van der Waals surface area (Å²) in [6, 6.07) is 0. The molecular weight excluding hydrogens is 85.0 g/mol. The summed E-state index contributed by atoms with van der Waals surface area (Å²) >= 11 is 0. The summed E-state index contributed by atoms with van der Waals surface area (Å²) in [7, 11) is 0. The second-order valence-corrected chi connectivity index (χ2v) is 0.238. The van der Waals surface area contributed by atoms with E-state index in [-0.39, 0.29) is 29.6 Å². The molecule has 4 nitrogen and oxygen atoms in total.